The number of carbonyl (C=O) groups is 2. The third-order valence-electron chi connectivity index (χ3n) is 5.99. The van der Waals surface area contributed by atoms with Gasteiger partial charge < -0.3 is 9.80 Å². The van der Waals surface area contributed by atoms with Crippen LogP contribution in [0.5, 0.6) is 0 Å². The van der Waals surface area contributed by atoms with Crippen molar-refractivity contribution in [2.75, 3.05) is 27.2 Å². The van der Waals surface area contributed by atoms with Crippen LogP contribution in [-0.2, 0) is 11.2 Å². The van der Waals surface area contributed by atoms with E-state index >= 15 is 0 Å². The molecule has 0 spiro atoms. The molecule has 2 amide bonds. The highest BCUT2D eigenvalue weighted by Crippen LogP contribution is 2.36. The summed E-state index contributed by atoms with van der Waals surface area (Å²) >= 11 is 0. The number of nitrogens with zero attached hydrogens (tertiary/aromatic N) is 5. The zero-order valence-corrected chi connectivity index (χ0v) is 18.4. The van der Waals surface area contributed by atoms with Crippen molar-refractivity contribution in [3.63, 3.8) is 0 Å². The quantitative estimate of drug-likeness (QED) is 0.623. The number of pyridine rings is 1. The first-order valence-electron chi connectivity index (χ1n) is 10.7. The third-order valence-corrected chi connectivity index (χ3v) is 5.99. The van der Waals surface area contributed by atoms with Gasteiger partial charge in [0, 0.05) is 52.0 Å². The summed E-state index contributed by atoms with van der Waals surface area (Å²) in [4.78, 5) is 42.2. The van der Waals surface area contributed by atoms with Gasteiger partial charge in [0.25, 0.3) is 5.91 Å². The Labute approximate surface area is 188 Å². The molecule has 0 bridgehead atoms. The van der Waals surface area contributed by atoms with Crippen LogP contribution in [0.15, 0.2) is 67.4 Å². The first kappa shape index (κ1) is 21.6. The van der Waals surface area contributed by atoms with Gasteiger partial charge in [0.05, 0.1) is 11.6 Å². The minimum Gasteiger partial charge on any atom is -0.348 e. The average molecular weight is 430 g/mol. The summed E-state index contributed by atoms with van der Waals surface area (Å²) in [5.41, 5.74) is 2.86. The van der Waals surface area contributed by atoms with Crippen molar-refractivity contribution in [1.82, 2.24) is 24.8 Å². The lowest BCUT2D eigenvalue weighted by Gasteiger charge is -2.43. The van der Waals surface area contributed by atoms with Gasteiger partial charge in [-0.15, -0.1) is 0 Å². The molecule has 2 aromatic heterocycles. The number of amides is 2. The summed E-state index contributed by atoms with van der Waals surface area (Å²) < 4.78 is 0. The molecule has 4 rings (SSSR count). The molecule has 7 nitrogen and oxygen atoms in total. The van der Waals surface area contributed by atoms with Crippen molar-refractivity contribution >= 4 is 11.8 Å². The molecule has 0 aliphatic carbocycles. The molecule has 164 valence electrons. The van der Waals surface area contributed by atoms with Crippen LogP contribution in [0.4, 0.5) is 0 Å². The Kier molecular flexibility index (Phi) is 6.25. The Balaban J connectivity index is 1.64. The van der Waals surface area contributed by atoms with Crippen molar-refractivity contribution < 1.29 is 9.59 Å². The third kappa shape index (κ3) is 4.51. The van der Waals surface area contributed by atoms with Gasteiger partial charge in [-0.25, -0.2) is 4.98 Å². The predicted octanol–water partition coefficient (Wildman–Crippen LogP) is 3.09. The number of aromatic nitrogens is 3. The van der Waals surface area contributed by atoms with Crippen LogP contribution in [0.1, 0.15) is 28.9 Å². The topological polar surface area (TPSA) is 79.3 Å². The number of hydrogen-bond donors (Lipinski definition) is 0. The van der Waals surface area contributed by atoms with Crippen LogP contribution in [0, 0.1) is 5.41 Å². The normalized spacial score (nSPS) is 18.2. The Morgan fingerprint density at radius 3 is 2.56 bits per heavy atom. The second kappa shape index (κ2) is 9.26. The molecular weight excluding hydrogens is 402 g/mol. The van der Waals surface area contributed by atoms with Gasteiger partial charge in [0.2, 0.25) is 5.91 Å². The van der Waals surface area contributed by atoms with Gasteiger partial charge in [-0.3, -0.25) is 19.6 Å². The van der Waals surface area contributed by atoms with E-state index in [1.54, 1.807) is 42.5 Å². The number of benzene rings is 1. The summed E-state index contributed by atoms with van der Waals surface area (Å²) in [6.45, 7) is 0.966. The molecule has 1 saturated heterocycles. The Morgan fingerprint density at radius 2 is 1.84 bits per heavy atom. The van der Waals surface area contributed by atoms with Crippen molar-refractivity contribution in [3.8, 4) is 11.1 Å². The smallest absolute Gasteiger partial charge is 0.274 e. The molecule has 1 aliphatic rings. The Bertz CT molecular complexity index is 1090. The van der Waals surface area contributed by atoms with Crippen LogP contribution in [0.2, 0.25) is 0 Å². The fraction of sp³-hybridized carbons (Fsp3) is 0.320. The number of hydrogen-bond acceptors (Lipinski definition) is 5. The van der Waals surface area contributed by atoms with Crippen molar-refractivity contribution in [2.45, 2.75) is 19.3 Å². The van der Waals surface area contributed by atoms with Crippen molar-refractivity contribution in [1.29, 1.82) is 0 Å². The van der Waals surface area contributed by atoms with Gasteiger partial charge in [-0.05, 0) is 48.1 Å². The van der Waals surface area contributed by atoms with Gasteiger partial charge >= 0.3 is 0 Å². The second-order valence-corrected chi connectivity index (χ2v) is 8.51. The lowest BCUT2D eigenvalue weighted by molar-refractivity contribution is -0.142. The fourth-order valence-electron chi connectivity index (χ4n) is 4.54. The average Bonchev–Trinajstić information content (AvgIpc) is 2.84. The molecule has 0 radical (unpaired) electrons. The Morgan fingerprint density at radius 1 is 1.03 bits per heavy atom. The van der Waals surface area contributed by atoms with E-state index in [9.17, 15) is 9.59 Å². The maximum atomic E-state index is 13.4. The minimum atomic E-state index is -0.684. The Hall–Kier alpha value is -3.61. The SMILES string of the molecule is CN(C)C(=O)[C@@]1(Cc2cccc(-c3ccncc3)c2)CCCN(C(=O)c2cnccn2)C1. The minimum absolute atomic E-state index is 0.0449. The molecule has 3 heterocycles. The predicted molar refractivity (Wildman–Crippen MR) is 122 cm³/mol. The van der Waals surface area contributed by atoms with Crippen LogP contribution in [0.3, 0.4) is 0 Å². The number of likely N-dealkylation sites (tertiary alicyclic amines) is 1. The highest BCUT2D eigenvalue weighted by atomic mass is 16.2. The van der Waals surface area contributed by atoms with Crippen LogP contribution >= 0.6 is 0 Å². The first-order valence-corrected chi connectivity index (χ1v) is 10.7. The maximum Gasteiger partial charge on any atom is 0.274 e. The molecule has 32 heavy (non-hydrogen) atoms. The number of carbonyl (C=O) groups excluding carboxylic acids is 2. The van der Waals surface area contributed by atoms with E-state index in [0.717, 1.165) is 29.5 Å². The van der Waals surface area contributed by atoms with Gasteiger partial charge in [0.1, 0.15) is 5.69 Å². The molecule has 0 unspecified atom stereocenters. The molecule has 3 aromatic rings. The van der Waals surface area contributed by atoms with E-state index < -0.39 is 5.41 Å². The van der Waals surface area contributed by atoms with E-state index in [1.165, 1.54) is 12.4 Å². The molecule has 7 heteroatoms. The summed E-state index contributed by atoms with van der Waals surface area (Å²) in [5.74, 6) is -0.136. The van der Waals surface area contributed by atoms with E-state index in [-0.39, 0.29) is 11.8 Å². The van der Waals surface area contributed by atoms with Gasteiger partial charge in [-0.1, -0.05) is 24.3 Å². The van der Waals surface area contributed by atoms with Crippen molar-refractivity contribution in [2.24, 2.45) is 5.41 Å². The number of rotatable bonds is 5. The highest BCUT2D eigenvalue weighted by molar-refractivity contribution is 5.93. The molecule has 1 atom stereocenters. The summed E-state index contributed by atoms with van der Waals surface area (Å²) in [5, 5.41) is 0. The molecular formula is C25H27N5O2. The zero-order valence-electron chi connectivity index (χ0n) is 18.4. The monoisotopic (exact) mass is 429 g/mol. The van der Waals surface area contributed by atoms with Crippen LogP contribution in [-0.4, -0.2) is 63.8 Å². The maximum absolute atomic E-state index is 13.4. The number of piperidine rings is 1. The summed E-state index contributed by atoms with van der Waals surface area (Å²) in [7, 11) is 3.56. The van der Waals surface area contributed by atoms with E-state index in [1.807, 2.05) is 18.2 Å². The van der Waals surface area contributed by atoms with E-state index in [2.05, 4.69) is 33.2 Å². The van der Waals surface area contributed by atoms with E-state index in [0.29, 0.717) is 25.2 Å². The molecule has 0 saturated carbocycles. The largest absolute Gasteiger partial charge is 0.348 e. The molecule has 1 fully saturated rings. The van der Waals surface area contributed by atoms with Gasteiger partial charge in [0.15, 0.2) is 0 Å². The van der Waals surface area contributed by atoms with E-state index in [4.69, 9.17) is 0 Å². The zero-order chi connectivity index (χ0) is 22.6. The van der Waals surface area contributed by atoms with Gasteiger partial charge in [-0.2, -0.15) is 0 Å². The highest BCUT2D eigenvalue weighted by Gasteiger charge is 2.44. The lowest BCUT2D eigenvalue weighted by atomic mass is 9.73. The molecule has 1 aliphatic heterocycles. The molecule has 1 aromatic carbocycles. The first-order chi connectivity index (χ1) is 15.5. The second-order valence-electron chi connectivity index (χ2n) is 8.51. The lowest BCUT2D eigenvalue weighted by Crippen LogP contribution is -2.54. The summed E-state index contributed by atoms with van der Waals surface area (Å²) in [6, 6.07) is 12.2. The summed E-state index contributed by atoms with van der Waals surface area (Å²) in [6.07, 6.45) is 10.1. The van der Waals surface area contributed by atoms with Crippen molar-refractivity contribution in [3.05, 3.63) is 78.6 Å². The molecule has 0 N–H and O–H groups in total. The van der Waals surface area contributed by atoms with Crippen LogP contribution < -0.4 is 0 Å². The fourth-order valence-corrected chi connectivity index (χ4v) is 4.54. The van der Waals surface area contributed by atoms with Crippen LogP contribution in [0.25, 0.3) is 11.1 Å². The standard InChI is InChI=1S/C25H27N5O2/c1-29(2)24(32)25(9-4-14-30(18-25)23(31)22-17-27-12-13-28-22)16-19-5-3-6-21(15-19)20-7-10-26-11-8-20/h3,5-8,10-13,15,17H,4,9,14,16,18H2,1-2H3/t25-/m1/s1.